The highest BCUT2D eigenvalue weighted by Gasteiger charge is 2.16. The van der Waals surface area contributed by atoms with Crippen LogP contribution in [0.5, 0.6) is 0 Å². The second-order valence-electron chi connectivity index (χ2n) is 6.92. The van der Waals surface area contributed by atoms with Crippen LogP contribution in [0.15, 0.2) is 0 Å². The van der Waals surface area contributed by atoms with Gasteiger partial charge < -0.3 is 5.11 Å². The molecule has 0 rings (SSSR count). The van der Waals surface area contributed by atoms with Gasteiger partial charge in [-0.2, -0.15) is 0 Å². The fourth-order valence-corrected chi connectivity index (χ4v) is 2.83. The Labute approximate surface area is 134 Å². The normalized spacial score (nSPS) is 14.3. The van der Waals surface area contributed by atoms with Gasteiger partial charge in [-0.3, -0.25) is 0 Å². The Bertz CT molecular complexity index is 198. The quantitative estimate of drug-likeness (QED) is 0.309. The Hall–Kier alpha value is -0.0400. The van der Waals surface area contributed by atoms with Crippen molar-refractivity contribution in [3.05, 3.63) is 6.92 Å². The van der Waals surface area contributed by atoms with E-state index < -0.39 is 5.60 Å². The third-order valence-electron chi connectivity index (χ3n) is 4.65. The average Bonchev–Trinajstić information content (AvgIpc) is 2.47. The molecular weight excluding hydrogens is 256 g/mol. The maximum atomic E-state index is 9.80. The van der Waals surface area contributed by atoms with E-state index in [0.29, 0.717) is 0 Å². The van der Waals surface area contributed by atoms with Crippen molar-refractivity contribution in [1.82, 2.24) is 0 Å². The molecule has 0 saturated carbocycles. The molecule has 1 radical (unpaired) electrons. The molecule has 1 heteroatoms. The standard InChI is InChI=1S/C20H41O/c1-4-6-7-8-9-10-11-12-13-14-15-16-17-18-19-20(3,21)5-2/h21H,3-19H2,1-2H3. The van der Waals surface area contributed by atoms with Gasteiger partial charge in [0.1, 0.15) is 0 Å². The van der Waals surface area contributed by atoms with Crippen molar-refractivity contribution in [1.29, 1.82) is 0 Å². The summed E-state index contributed by atoms with van der Waals surface area (Å²) in [5, 5.41) is 9.80. The summed E-state index contributed by atoms with van der Waals surface area (Å²) < 4.78 is 0. The van der Waals surface area contributed by atoms with E-state index in [1.54, 1.807) is 0 Å². The molecule has 0 bridgehead atoms. The van der Waals surface area contributed by atoms with Gasteiger partial charge in [0.15, 0.2) is 0 Å². The number of unbranched alkanes of at least 4 members (excludes halogenated alkanes) is 13. The summed E-state index contributed by atoms with van der Waals surface area (Å²) in [6, 6.07) is 0. The monoisotopic (exact) mass is 297 g/mol. The molecule has 0 aliphatic heterocycles. The molecule has 21 heavy (non-hydrogen) atoms. The number of rotatable bonds is 16. The van der Waals surface area contributed by atoms with Crippen molar-refractivity contribution >= 4 is 0 Å². The Kier molecular flexibility index (Phi) is 14.9. The van der Waals surface area contributed by atoms with E-state index >= 15 is 0 Å². The molecule has 0 fully saturated rings. The zero-order valence-electron chi connectivity index (χ0n) is 15.0. The molecule has 0 amide bonds. The maximum Gasteiger partial charge on any atom is 0.0646 e. The van der Waals surface area contributed by atoms with Gasteiger partial charge in [0.25, 0.3) is 0 Å². The number of aliphatic hydroxyl groups is 1. The van der Waals surface area contributed by atoms with Gasteiger partial charge in [0.05, 0.1) is 5.60 Å². The van der Waals surface area contributed by atoms with Crippen LogP contribution in [-0.2, 0) is 0 Å². The summed E-state index contributed by atoms with van der Waals surface area (Å²) in [4.78, 5) is 0. The molecule has 0 heterocycles. The molecule has 1 N–H and O–H groups in total. The minimum absolute atomic E-state index is 0.670. The van der Waals surface area contributed by atoms with Gasteiger partial charge in [-0.25, -0.2) is 0 Å². The van der Waals surface area contributed by atoms with Crippen molar-refractivity contribution in [3.63, 3.8) is 0 Å². The lowest BCUT2D eigenvalue weighted by Crippen LogP contribution is -2.22. The number of hydrogen-bond donors (Lipinski definition) is 1. The first-order chi connectivity index (χ1) is 10.1. The van der Waals surface area contributed by atoms with E-state index in [1.165, 1.54) is 83.5 Å². The molecule has 0 aliphatic rings. The van der Waals surface area contributed by atoms with Gasteiger partial charge >= 0.3 is 0 Å². The van der Waals surface area contributed by atoms with Gasteiger partial charge in [0, 0.05) is 0 Å². The molecule has 0 aromatic carbocycles. The molecule has 0 aliphatic carbocycles. The topological polar surface area (TPSA) is 20.2 Å². The van der Waals surface area contributed by atoms with E-state index in [-0.39, 0.29) is 0 Å². The Morgan fingerprint density at radius 2 is 0.952 bits per heavy atom. The highest BCUT2D eigenvalue weighted by atomic mass is 16.3. The highest BCUT2D eigenvalue weighted by Crippen LogP contribution is 2.18. The zero-order chi connectivity index (χ0) is 15.8. The molecule has 0 spiro atoms. The van der Waals surface area contributed by atoms with Crippen LogP contribution in [0, 0.1) is 6.92 Å². The molecule has 1 nitrogen and oxygen atoms in total. The summed E-state index contributed by atoms with van der Waals surface area (Å²) >= 11 is 0. The largest absolute Gasteiger partial charge is 0.390 e. The first-order valence-corrected chi connectivity index (χ1v) is 9.70. The Balaban J connectivity index is 3.06. The molecule has 0 aromatic rings. The van der Waals surface area contributed by atoms with Crippen molar-refractivity contribution in [2.45, 2.75) is 122 Å². The van der Waals surface area contributed by atoms with E-state index in [9.17, 15) is 5.11 Å². The van der Waals surface area contributed by atoms with Crippen molar-refractivity contribution < 1.29 is 5.11 Å². The lowest BCUT2D eigenvalue weighted by atomic mass is 9.95. The summed E-state index contributed by atoms with van der Waals surface area (Å²) in [6.45, 7) is 8.13. The van der Waals surface area contributed by atoms with Crippen LogP contribution in [0.3, 0.4) is 0 Å². The third-order valence-corrected chi connectivity index (χ3v) is 4.65. The molecule has 0 saturated heterocycles. The fourth-order valence-electron chi connectivity index (χ4n) is 2.83. The van der Waals surface area contributed by atoms with Gasteiger partial charge in [-0.15, -0.1) is 0 Å². The SMILES string of the molecule is [CH2]C(O)(CC)CCCCCCCCCCCCCCCC. The van der Waals surface area contributed by atoms with Gasteiger partial charge in [-0.05, 0) is 19.8 Å². The first-order valence-electron chi connectivity index (χ1n) is 9.70. The second-order valence-corrected chi connectivity index (χ2v) is 6.92. The van der Waals surface area contributed by atoms with Crippen LogP contribution < -0.4 is 0 Å². The van der Waals surface area contributed by atoms with Crippen LogP contribution in [0.4, 0.5) is 0 Å². The summed E-state index contributed by atoms with van der Waals surface area (Å²) in [6.07, 6.45) is 21.0. The zero-order valence-corrected chi connectivity index (χ0v) is 15.0. The Morgan fingerprint density at radius 1 is 0.619 bits per heavy atom. The number of hydrogen-bond acceptors (Lipinski definition) is 1. The molecular formula is C20H41O. The van der Waals surface area contributed by atoms with Crippen molar-refractivity contribution in [3.8, 4) is 0 Å². The van der Waals surface area contributed by atoms with Crippen LogP contribution in [0.1, 0.15) is 117 Å². The predicted octanol–water partition coefficient (Wildman–Crippen LogP) is 6.83. The summed E-state index contributed by atoms with van der Waals surface area (Å²) in [5.41, 5.74) is -0.670. The van der Waals surface area contributed by atoms with Crippen LogP contribution in [-0.4, -0.2) is 10.7 Å². The smallest absolute Gasteiger partial charge is 0.0646 e. The minimum atomic E-state index is -0.670. The van der Waals surface area contributed by atoms with Crippen LogP contribution in [0.2, 0.25) is 0 Å². The molecule has 0 aromatic heterocycles. The average molecular weight is 298 g/mol. The highest BCUT2D eigenvalue weighted by molar-refractivity contribution is 4.78. The van der Waals surface area contributed by atoms with Crippen LogP contribution >= 0.6 is 0 Å². The second kappa shape index (κ2) is 14.9. The van der Waals surface area contributed by atoms with E-state index in [4.69, 9.17) is 0 Å². The summed E-state index contributed by atoms with van der Waals surface area (Å²) in [5.74, 6) is 0. The fraction of sp³-hybridized carbons (Fsp3) is 0.950. The molecule has 1 atom stereocenters. The van der Waals surface area contributed by atoms with Crippen LogP contribution in [0.25, 0.3) is 0 Å². The summed E-state index contributed by atoms with van der Waals surface area (Å²) in [7, 11) is 0. The van der Waals surface area contributed by atoms with E-state index in [0.717, 1.165) is 19.3 Å². The maximum absolute atomic E-state index is 9.80. The third kappa shape index (κ3) is 16.2. The van der Waals surface area contributed by atoms with Gasteiger partial charge in [-0.1, -0.05) is 104 Å². The lowest BCUT2D eigenvalue weighted by Gasteiger charge is -2.20. The minimum Gasteiger partial charge on any atom is -0.390 e. The predicted molar refractivity (Wildman–Crippen MR) is 95.5 cm³/mol. The lowest BCUT2D eigenvalue weighted by molar-refractivity contribution is 0.0714. The first kappa shape index (κ1) is 21.0. The van der Waals surface area contributed by atoms with Crippen molar-refractivity contribution in [2.24, 2.45) is 0 Å². The molecule has 127 valence electrons. The molecule has 1 unspecified atom stereocenters. The van der Waals surface area contributed by atoms with Crippen molar-refractivity contribution in [2.75, 3.05) is 0 Å². The van der Waals surface area contributed by atoms with Gasteiger partial charge in [0.2, 0.25) is 0 Å². The Morgan fingerprint density at radius 3 is 1.29 bits per heavy atom. The van der Waals surface area contributed by atoms with E-state index in [2.05, 4.69) is 13.8 Å². The van der Waals surface area contributed by atoms with E-state index in [1.807, 2.05) is 6.92 Å².